The smallest absolute Gasteiger partial charge is 0.309 e. The molecule has 0 spiro atoms. The number of likely N-dealkylation sites (tertiary alicyclic amines) is 1. The summed E-state index contributed by atoms with van der Waals surface area (Å²) in [5.41, 5.74) is 4.55. The number of nitrogens with one attached hydrogen (secondary N) is 1. The molecule has 1 amide bonds. The highest BCUT2D eigenvalue weighted by Gasteiger charge is 2.48. The van der Waals surface area contributed by atoms with E-state index in [0.29, 0.717) is 48.9 Å². The van der Waals surface area contributed by atoms with Gasteiger partial charge < -0.3 is 24.6 Å². The average Bonchev–Trinajstić information content (AvgIpc) is 3.60. The Morgan fingerprint density at radius 2 is 1.74 bits per heavy atom. The van der Waals surface area contributed by atoms with Crippen LogP contribution in [0.1, 0.15) is 60.5 Å². The Bertz CT molecular complexity index is 1450. The van der Waals surface area contributed by atoms with E-state index in [1.54, 1.807) is 0 Å². The Labute approximate surface area is 245 Å². The second-order valence-corrected chi connectivity index (χ2v) is 10.7. The summed E-state index contributed by atoms with van der Waals surface area (Å²) in [4.78, 5) is 28.5. The van der Waals surface area contributed by atoms with Crippen molar-refractivity contribution >= 4 is 17.6 Å². The molecule has 1 unspecified atom stereocenters. The molecule has 222 valence electrons. The fourth-order valence-electron chi connectivity index (χ4n) is 6.37. The van der Waals surface area contributed by atoms with Gasteiger partial charge in [0, 0.05) is 24.2 Å². The van der Waals surface area contributed by atoms with Crippen LogP contribution >= 0.6 is 0 Å². The van der Waals surface area contributed by atoms with Gasteiger partial charge in [0.05, 0.1) is 19.1 Å². The molecular formula is C33H37FN2O6. The first-order valence-electron chi connectivity index (χ1n) is 14.4. The number of carboxylic acid groups (broad SMARTS) is 1. The van der Waals surface area contributed by atoms with Crippen LogP contribution in [0.25, 0.3) is 0 Å². The molecule has 5 rings (SSSR count). The van der Waals surface area contributed by atoms with Crippen molar-refractivity contribution < 1.29 is 33.3 Å². The highest BCUT2D eigenvalue weighted by Crippen LogP contribution is 2.49. The van der Waals surface area contributed by atoms with Gasteiger partial charge in [0.25, 0.3) is 0 Å². The fourth-order valence-corrected chi connectivity index (χ4v) is 6.37. The molecule has 3 atom stereocenters. The zero-order valence-electron chi connectivity index (χ0n) is 24.4. The molecule has 0 aromatic heterocycles. The first-order valence-corrected chi connectivity index (χ1v) is 14.4. The first kappa shape index (κ1) is 29.4. The number of aliphatic carboxylic acids is 1. The van der Waals surface area contributed by atoms with Crippen molar-refractivity contribution in [3.05, 3.63) is 82.2 Å². The third-order valence-electron chi connectivity index (χ3n) is 8.28. The van der Waals surface area contributed by atoms with E-state index >= 15 is 0 Å². The minimum atomic E-state index is -0.945. The van der Waals surface area contributed by atoms with Crippen LogP contribution in [0.5, 0.6) is 17.2 Å². The largest absolute Gasteiger partial charge is 0.494 e. The number of fused-ring (bicyclic) bond motifs is 1. The van der Waals surface area contributed by atoms with Crippen molar-refractivity contribution in [1.82, 2.24) is 4.90 Å². The Kier molecular flexibility index (Phi) is 8.68. The molecule has 42 heavy (non-hydrogen) atoms. The molecule has 3 aromatic carbocycles. The SMILES string of the molecule is CCOc1ccc([C@H]2C(C(=O)O)[C@@H](c3ccc4c(c3C)OCO4)CN2CC(=O)Nc2c(CC)cc(F)cc2CC)cc1. The van der Waals surface area contributed by atoms with Gasteiger partial charge in [-0.2, -0.15) is 0 Å². The van der Waals surface area contributed by atoms with Crippen LogP contribution in [0.2, 0.25) is 0 Å². The van der Waals surface area contributed by atoms with Gasteiger partial charge in [-0.25, -0.2) is 4.39 Å². The molecule has 8 nitrogen and oxygen atoms in total. The minimum Gasteiger partial charge on any atom is -0.494 e. The number of carbonyl (C=O) groups is 2. The lowest BCUT2D eigenvalue weighted by atomic mass is 9.81. The molecule has 2 aliphatic rings. The van der Waals surface area contributed by atoms with Crippen molar-refractivity contribution in [3.8, 4) is 17.2 Å². The van der Waals surface area contributed by atoms with Crippen LogP contribution in [0.4, 0.5) is 10.1 Å². The number of hydrogen-bond donors (Lipinski definition) is 2. The van der Waals surface area contributed by atoms with Crippen molar-refractivity contribution in [2.24, 2.45) is 5.92 Å². The number of nitrogens with zero attached hydrogens (tertiary/aromatic N) is 1. The van der Waals surface area contributed by atoms with Crippen molar-refractivity contribution in [2.45, 2.75) is 52.5 Å². The van der Waals surface area contributed by atoms with Crippen LogP contribution < -0.4 is 19.5 Å². The van der Waals surface area contributed by atoms with Gasteiger partial charge in [-0.1, -0.05) is 32.0 Å². The van der Waals surface area contributed by atoms with Gasteiger partial charge in [0.15, 0.2) is 11.5 Å². The molecule has 1 saturated heterocycles. The van der Waals surface area contributed by atoms with Crippen LogP contribution in [0.15, 0.2) is 48.5 Å². The van der Waals surface area contributed by atoms with Gasteiger partial charge in [-0.05, 0) is 84.8 Å². The maximum atomic E-state index is 14.2. The number of hydrogen-bond acceptors (Lipinski definition) is 6. The second-order valence-electron chi connectivity index (χ2n) is 10.7. The van der Waals surface area contributed by atoms with Crippen molar-refractivity contribution in [1.29, 1.82) is 0 Å². The number of halogens is 1. The Morgan fingerprint density at radius 1 is 1.05 bits per heavy atom. The lowest BCUT2D eigenvalue weighted by Crippen LogP contribution is -2.35. The Morgan fingerprint density at radius 3 is 2.36 bits per heavy atom. The maximum Gasteiger partial charge on any atom is 0.309 e. The van der Waals surface area contributed by atoms with Gasteiger partial charge in [-0.3, -0.25) is 14.5 Å². The van der Waals surface area contributed by atoms with E-state index in [1.165, 1.54) is 12.1 Å². The lowest BCUT2D eigenvalue weighted by Gasteiger charge is -2.27. The van der Waals surface area contributed by atoms with E-state index in [0.717, 1.165) is 27.8 Å². The van der Waals surface area contributed by atoms with E-state index in [1.807, 2.05) is 69.0 Å². The number of rotatable bonds is 10. The maximum absolute atomic E-state index is 14.2. The van der Waals surface area contributed by atoms with Gasteiger partial charge in [0.1, 0.15) is 11.6 Å². The topological polar surface area (TPSA) is 97.3 Å². The number of anilines is 1. The third kappa shape index (κ3) is 5.66. The van der Waals surface area contributed by atoms with Crippen LogP contribution in [-0.2, 0) is 22.4 Å². The third-order valence-corrected chi connectivity index (χ3v) is 8.28. The van der Waals surface area contributed by atoms with Crippen molar-refractivity contribution in [2.75, 3.05) is 31.8 Å². The summed E-state index contributed by atoms with van der Waals surface area (Å²) in [7, 11) is 0. The molecule has 0 saturated carbocycles. The molecule has 1 fully saturated rings. The zero-order chi connectivity index (χ0) is 30.0. The molecule has 0 aliphatic carbocycles. The van der Waals surface area contributed by atoms with Crippen LogP contribution in [0.3, 0.4) is 0 Å². The molecule has 3 aromatic rings. The number of carboxylic acids is 1. The summed E-state index contributed by atoms with van der Waals surface area (Å²) in [6.45, 7) is 8.59. The summed E-state index contributed by atoms with van der Waals surface area (Å²) < 4.78 is 31.0. The van der Waals surface area contributed by atoms with Crippen LogP contribution in [0, 0.1) is 18.7 Å². The molecule has 9 heteroatoms. The summed E-state index contributed by atoms with van der Waals surface area (Å²) >= 11 is 0. The van der Waals surface area contributed by atoms with E-state index in [2.05, 4.69) is 5.32 Å². The van der Waals surface area contributed by atoms with Gasteiger partial charge in [0.2, 0.25) is 12.7 Å². The highest BCUT2D eigenvalue weighted by molar-refractivity contribution is 5.94. The molecule has 2 N–H and O–H groups in total. The standard InChI is InChI=1S/C33H37FN2O6/c1-5-20-14-23(34)15-21(6-2)30(20)35-28(37)17-36-16-26(25-12-13-27-32(19(25)4)42-18-41-27)29(33(38)39)31(36)22-8-10-24(11-9-22)40-7-3/h8-15,26,29,31H,5-7,16-18H2,1-4H3,(H,35,37)(H,38,39)/t26-,29?,31+/m1/s1. The quantitative estimate of drug-likeness (QED) is 0.312. The molecule has 2 heterocycles. The average molecular weight is 577 g/mol. The Balaban J connectivity index is 1.51. The lowest BCUT2D eigenvalue weighted by molar-refractivity contribution is -0.143. The summed E-state index contributed by atoms with van der Waals surface area (Å²) in [5.74, 6) is -0.855. The second kappa shape index (κ2) is 12.4. The number of amides is 1. The molecule has 0 bridgehead atoms. The molecular weight excluding hydrogens is 539 g/mol. The van der Waals surface area contributed by atoms with E-state index < -0.39 is 23.8 Å². The molecule has 0 radical (unpaired) electrons. The van der Waals surface area contributed by atoms with Gasteiger partial charge in [-0.15, -0.1) is 0 Å². The number of aryl methyl sites for hydroxylation is 2. The fraction of sp³-hybridized carbons (Fsp3) is 0.394. The van der Waals surface area contributed by atoms with E-state index in [4.69, 9.17) is 14.2 Å². The normalized spacial score (nSPS) is 19.6. The predicted molar refractivity (Wildman–Crippen MR) is 157 cm³/mol. The summed E-state index contributed by atoms with van der Waals surface area (Å²) in [6, 6.07) is 13.4. The molecule has 2 aliphatic heterocycles. The predicted octanol–water partition coefficient (Wildman–Crippen LogP) is 5.87. The first-order chi connectivity index (χ1) is 20.2. The summed E-state index contributed by atoms with van der Waals surface area (Å²) in [6.07, 6.45) is 1.12. The van der Waals surface area contributed by atoms with E-state index in [-0.39, 0.29) is 25.1 Å². The highest BCUT2D eigenvalue weighted by atomic mass is 19.1. The minimum absolute atomic E-state index is 0.0363. The van der Waals surface area contributed by atoms with E-state index in [9.17, 15) is 19.1 Å². The van der Waals surface area contributed by atoms with Gasteiger partial charge >= 0.3 is 5.97 Å². The van der Waals surface area contributed by atoms with Crippen molar-refractivity contribution in [3.63, 3.8) is 0 Å². The monoisotopic (exact) mass is 576 g/mol. The Hall–Kier alpha value is -4.11. The summed E-state index contributed by atoms with van der Waals surface area (Å²) in [5, 5.41) is 13.6. The van der Waals surface area contributed by atoms with Crippen LogP contribution in [-0.4, -0.2) is 48.4 Å². The number of carbonyl (C=O) groups excluding carboxylic acids is 1. The zero-order valence-corrected chi connectivity index (χ0v) is 24.4. The number of ether oxygens (including phenoxy) is 3. The number of benzene rings is 3.